The molecule has 1 atom stereocenters. The summed E-state index contributed by atoms with van der Waals surface area (Å²) in [7, 11) is -2.89. The Morgan fingerprint density at radius 2 is 2.06 bits per heavy atom. The fourth-order valence-electron chi connectivity index (χ4n) is 1.61. The summed E-state index contributed by atoms with van der Waals surface area (Å²) in [6, 6.07) is 0. The summed E-state index contributed by atoms with van der Waals surface area (Å²) in [4.78, 5) is 2.11. The second kappa shape index (κ2) is 8.31. The molecular formula is C11H25N3O3S. The molecule has 0 aromatic rings. The second-order valence-electron chi connectivity index (χ2n) is 4.41. The average Bonchev–Trinajstić information content (AvgIpc) is 2.36. The Labute approximate surface area is 110 Å². The highest BCUT2D eigenvalue weighted by Crippen LogP contribution is 2.03. The van der Waals surface area contributed by atoms with Crippen molar-refractivity contribution in [3.8, 4) is 0 Å². The van der Waals surface area contributed by atoms with E-state index in [1.165, 1.54) is 0 Å². The highest BCUT2D eigenvalue weighted by Gasteiger charge is 2.14. The van der Waals surface area contributed by atoms with Crippen molar-refractivity contribution in [1.29, 1.82) is 0 Å². The number of nitrogens with two attached hydrogens (primary N) is 1. The maximum atomic E-state index is 11.4. The zero-order valence-corrected chi connectivity index (χ0v) is 12.3. The van der Waals surface area contributed by atoms with Crippen LogP contribution in [-0.4, -0.2) is 55.5 Å². The first-order chi connectivity index (χ1) is 8.36. The average molecular weight is 279 g/mol. The monoisotopic (exact) mass is 279 g/mol. The molecule has 1 unspecified atom stereocenters. The van der Waals surface area contributed by atoms with Crippen LogP contribution in [0.5, 0.6) is 0 Å². The van der Waals surface area contributed by atoms with Crippen LogP contribution in [0.1, 0.15) is 27.2 Å². The van der Waals surface area contributed by atoms with Gasteiger partial charge in [0.15, 0.2) is 0 Å². The molecule has 3 N–H and O–H groups in total. The molecule has 108 valence electrons. The van der Waals surface area contributed by atoms with Gasteiger partial charge in [0.2, 0.25) is 0 Å². The van der Waals surface area contributed by atoms with E-state index >= 15 is 0 Å². The molecule has 0 aliphatic rings. The molecule has 0 spiro atoms. The number of hydrogen-bond acceptors (Lipinski definition) is 5. The number of nitrogens with zero attached hydrogens (tertiary/aromatic N) is 2. The summed E-state index contributed by atoms with van der Waals surface area (Å²) in [5.41, 5.74) is 5.52. The molecule has 0 heterocycles. The Kier molecular flexibility index (Phi) is 7.93. The van der Waals surface area contributed by atoms with Crippen LogP contribution >= 0.6 is 0 Å². The zero-order chi connectivity index (χ0) is 14.2. The van der Waals surface area contributed by atoms with E-state index in [4.69, 9.17) is 10.9 Å². The van der Waals surface area contributed by atoms with Crippen LogP contribution in [-0.2, 0) is 9.84 Å². The minimum absolute atomic E-state index is 0.0438. The van der Waals surface area contributed by atoms with Gasteiger partial charge in [-0.2, -0.15) is 0 Å². The van der Waals surface area contributed by atoms with Crippen LogP contribution in [0.4, 0.5) is 0 Å². The quantitative estimate of drug-likeness (QED) is 0.277. The molecule has 0 saturated carbocycles. The SMILES string of the molecule is CCN(CCCS(=O)(=O)CC)CC(C)C(N)=NO. The van der Waals surface area contributed by atoms with Gasteiger partial charge in [-0.05, 0) is 19.5 Å². The fraction of sp³-hybridized carbons (Fsp3) is 0.909. The van der Waals surface area contributed by atoms with Crippen molar-refractivity contribution < 1.29 is 13.6 Å². The van der Waals surface area contributed by atoms with Gasteiger partial charge in [-0.15, -0.1) is 0 Å². The zero-order valence-electron chi connectivity index (χ0n) is 11.5. The Morgan fingerprint density at radius 3 is 2.50 bits per heavy atom. The molecule has 0 aliphatic carbocycles. The molecule has 0 aliphatic heterocycles. The number of amidine groups is 1. The summed E-state index contributed by atoms with van der Waals surface area (Å²) in [5, 5.41) is 11.6. The Balaban J connectivity index is 4.13. The van der Waals surface area contributed by atoms with Gasteiger partial charge in [-0.25, -0.2) is 8.42 Å². The molecular weight excluding hydrogens is 254 g/mol. The lowest BCUT2D eigenvalue weighted by Gasteiger charge is -2.23. The van der Waals surface area contributed by atoms with Gasteiger partial charge in [-0.3, -0.25) is 0 Å². The van der Waals surface area contributed by atoms with Crippen LogP contribution in [0.2, 0.25) is 0 Å². The van der Waals surface area contributed by atoms with Gasteiger partial charge >= 0.3 is 0 Å². The van der Waals surface area contributed by atoms with E-state index in [-0.39, 0.29) is 23.3 Å². The third-order valence-electron chi connectivity index (χ3n) is 2.97. The van der Waals surface area contributed by atoms with Crippen molar-refractivity contribution in [3.05, 3.63) is 0 Å². The van der Waals surface area contributed by atoms with Crippen molar-refractivity contribution in [2.24, 2.45) is 16.8 Å². The Morgan fingerprint density at radius 1 is 1.44 bits per heavy atom. The summed E-state index contributed by atoms with van der Waals surface area (Å²) >= 11 is 0. The lowest BCUT2D eigenvalue weighted by atomic mass is 10.1. The fourth-order valence-corrected chi connectivity index (χ4v) is 2.47. The first-order valence-corrected chi connectivity index (χ1v) is 8.08. The van der Waals surface area contributed by atoms with E-state index in [0.717, 1.165) is 6.54 Å². The summed E-state index contributed by atoms with van der Waals surface area (Å²) in [6.45, 7) is 7.73. The predicted molar refractivity (Wildman–Crippen MR) is 73.6 cm³/mol. The van der Waals surface area contributed by atoms with Crippen molar-refractivity contribution in [1.82, 2.24) is 4.90 Å². The standard InChI is InChI=1S/C11H25N3O3S/c1-4-14(9-10(3)11(12)13-15)7-6-8-18(16,17)5-2/h10,15H,4-9H2,1-3H3,(H2,12,13). The van der Waals surface area contributed by atoms with Gasteiger partial charge in [0, 0.05) is 18.2 Å². The van der Waals surface area contributed by atoms with Crippen molar-refractivity contribution in [2.75, 3.05) is 31.1 Å². The Hall–Kier alpha value is -0.820. The van der Waals surface area contributed by atoms with Gasteiger partial charge in [0.1, 0.15) is 15.7 Å². The van der Waals surface area contributed by atoms with Crippen molar-refractivity contribution in [2.45, 2.75) is 27.2 Å². The van der Waals surface area contributed by atoms with Gasteiger partial charge in [0.25, 0.3) is 0 Å². The maximum absolute atomic E-state index is 11.4. The molecule has 0 amide bonds. The minimum Gasteiger partial charge on any atom is -0.409 e. The third kappa shape index (κ3) is 6.80. The van der Waals surface area contributed by atoms with E-state index in [0.29, 0.717) is 19.5 Å². The lowest BCUT2D eigenvalue weighted by molar-refractivity contribution is 0.265. The van der Waals surface area contributed by atoms with Crippen LogP contribution < -0.4 is 5.73 Å². The number of sulfone groups is 1. The lowest BCUT2D eigenvalue weighted by Crippen LogP contribution is -2.36. The molecule has 0 bridgehead atoms. The normalized spacial score (nSPS) is 15.0. The topological polar surface area (TPSA) is 96.0 Å². The molecule has 0 saturated heterocycles. The van der Waals surface area contributed by atoms with Crippen LogP contribution in [0.15, 0.2) is 5.16 Å². The molecule has 18 heavy (non-hydrogen) atoms. The highest BCUT2D eigenvalue weighted by atomic mass is 32.2. The highest BCUT2D eigenvalue weighted by molar-refractivity contribution is 7.91. The number of hydrogen-bond donors (Lipinski definition) is 2. The molecule has 0 fully saturated rings. The molecule has 6 nitrogen and oxygen atoms in total. The first kappa shape index (κ1) is 17.2. The van der Waals surface area contributed by atoms with E-state index < -0.39 is 9.84 Å². The number of oxime groups is 1. The van der Waals surface area contributed by atoms with Gasteiger partial charge < -0.3 is 15.8 Å². The summed E-state index contributed by atoms with van der Waals surface area (Å²) in [6.07, 6.45) is 0.618. The van der Waals surface area contributed by atoms with E-state index in [1.54, 1.807) is 6.92 Å². The van der Waals surface area contributed by atoms with E-state index in [9.17, 15) is 8.42 Å². The summed E-state index contributed by atoms with van der Waals surface area (Å²) in [5.74, 6) is 0.574. The summed E-state index contributed by atoms with van der Waals surface area (Å²) < 4.78 is 22.7. The third-order valence-corrected chi connectivity index (χ3v) is 4.76. The predicted octanol–water partition coefficient (Wildman–Crippen LogP) is 0.516. The smallest absolute Gasteiger partial charge is 0.150 e. The first-order valence-electron chi connectivity index (χ1n) is 6.26. The van der Waals surface area contributed by atoms with Crippen LogP contribution in [0, 0.1) is 5.92 Å². The van der Waals surface area contributed by atoms with Crippen LogP contribution in [0.3, 0.4) is 0 Å². The van der Waals surface area contributed by atoms with E-state index in [2.05, 4.69) is 10.1 Å². The van der Waals surface area contributed by atoms with Crippen LogP contribution in [0.25, 0.3) is 0 Å². The molecule has 7 heteroatoms. The maximum Gasteiger partial charge on any atom is 0.150 e. The molecule has 0 aromatic heterocycles. The minimum atomic E-state index is -2.89. The van der Waals surface area contributed by atoms with Gasteiger partial charge in [0.05, 0.1) is 5.75 Å². The molecule has 0 rings (SSSR count). The Bertz CT molecular complexity index is 355. The number of rotatable bonds is 9. The second-order valence-corrected chi connectivity index (χ2v) is 6.88. The van der Waals surface area contributed by atoms with Crippen molar-refractivity contribution >= 4 is 15.7 Å². The van der Waals surface area contributed by atoms with E-state index in [1.807, 2.05) is 13.8 Å². The van der Waals surface area contributed by atoms with Gasteiger partial charge in [-0.1, -0.05) is 25.9 Å². The molecule has 0 radical (unpaired) electrons. The van der Waals surface area contributed by atoms with Crippen molar-refractivity contribution in [3.63, 3.8) is 0 Å². The molecule has 0 aromatic carbocycles. The largest absolute Gasteiger partial charge is 0.409 e.